The molecule has 2 aromatic heterocycles. The van der Waals surface area contributed by atoms with Gasteiger partial charge in [-0.25, -0.2) is 23.4 Å². The molecule has 0 amide bonds. The largest absolute Gasteiger partial charge is 0.497 e. The molecular weight excluding hydrogens is 420 g/mol. The van der Waals surface area contributed by atoms with E-state index in [0.717, 1.165) is 11.6 Å². The van der Waals surface area contributed by atoms with Crippen LogP contribution in [0.4, 0.5) is 5.82 Å². The zero-order valence-corrected chi connectivity index (χ0v) is 18.4. The third-order valence-electron chi connectivity index (χ3n) is 5.13. The summed E-state index contributed by atoms with van der Waals surface area (Å²) in [6, 6.07) is 6.64. The zero-order valence-electron chi connectivity index (χ0n) is 17.6. The average molecular weight is 445 g/mol. The normalized spacial score (nSPS) is 15.1. The highest BCUT2D eigenvalue weighted by Crippen LogP contribution is 2.31. The molecule has 1 aliphatic heterocycles. The summed E-state index contributed by atoms with van der Waals surface area (Å²) in [5.74, 6) is 2.86. The Bertz CT molecular complexity index is 1160. The van der Waals surface area contributed by atoms with Crippen LogP contribution in [0.5, 0.6) is 11.5 Å². The number of aryl methyl sites for hydroxylation is 1. The van der Waals surface area contributed by atoms with Gasteiger partial charge in [-0.1, -0.05) is 0 Å². The lowest BCUT2D eigenvalue weighted by Gasteiger charge is -2.35. The predicted octanol–water partition coefficient (Wildman–Crippen LogP) is 1.50. The lowest BCUT2D eigenvalue weighted by atomic mass is 10.3. The molecule has 0 spiro atoms. The molecule has 0 atom stereocenters. The van der Waals surface area contributed by atoms with Gasteiger partial charge in [-0.3, -0.25) is 4.57 Å². The van der Waals surface area contributed by atoms with E-state index in [0.29, 0.717) is 43.5 Å². The fraction of sp³-hybridized carbons (Fsp3) is 0.350. The van der Waals surface area contributed by atoms with Crippen LogP contribution in [-0.4, -0.2) is 72.6 Å². The molecule has 10 nitrogen and oxygen atoms in total. The van der Waals surface area contributed by atoms with Crippen molar-refractivity contribution in [3.63, 3.8) is 0 Å². The lowest BCUT2D eigenvalue weighted by Crippen LogP contribution is -2.49. The van der Waals surface area contributed by atoms with Crippen molar-refractivity contribution in [2.24, 2.45) is 0 Å². The Balaban J connectivity index is 1.54. The molecule has 0 saturated carbocycles. The van der Waals surface area contributed by atoms with E-state index in [1.54, 1.807) is 24.7 Å². The molecule has 0 N–H and O–H groups in total. The van der Waals surface area contributed by atoms with E-state index in [4.69, 9.17) is 9.47 Å². The summed E-state index contributed by atoms with van der Waals surface area (Å²) in [4.78, 5) is 15.2. The monoisotopic (exact) mass is 444 g/mol. The van der Waals surface area contributed by atoms with Crippen molar-refractivity contribution in [1.82, 2.24) is 23.8 Å². The quantitative estimate of drug-likeness (QED) is 0.564. The van der Waals surface area contributed by atoms with Gasteiger partial charge in [-0.2, -0.15) is 4.31 Å². The molecule has 3 aromatic rings. The predicted molar refractivity (Wildman–Crippen MR) is 114 cm³/mol. The van der Waals surface area contributed by atoms with Crippen LogP contribution in [0.1, 0.15) is 5.82 Å². The van der Waals surface area contributed by atoms with Crippen LogP contribution in [0, 0.1) is 6.92 Å². The van der Waals surface area contributed by atoms with E-state index in [1.165, 1.54) is 24.6 Å². The standard InChI is InChI=1S/C20H24N6O4S/c1-15-22-19(13-20(23-15)25-7-6-21-14-25)24-8-10-26(11-9-24)31(27,28)18-12-16(29-2)4-5-17(18)30-3/h4-7,12-14H,8-11H2,1-3H3. The Kier molecular flexibility index (Phi) is 5.79. The van der Waals surface area contributed by atoms with Crippen molar-refractivity contribution in [3.05, 3.63) is 48.8 Å². The van der Waals surface area contributed by atoms with Crippen LogP contribution < -0.4 is 14.4 Å². The third-order valence-corrected chi connectivity index (χ3v) is 7.05. The number of ether oxygens (including phenoxy) is 2. The average Bonchev–Trinajstić information content (AvgIpc) is 3.33. The summed E-state index contributed by atoms with van der Waals surface area (Å²) in [7, 11) is -0.787. The number of benzene rings is 1. The van der Waals surface area contributed by atoms with Gasteiger partial charge in [0.2, 0.25) is 10.0 Å². The van der Waals surface area contributed by atoms with Crippen LogP contribution in [0.2, 0.25) is 0 Å². The number of methoxy groups -OCH3 is 2. The Morgan fingerprint density at radius 3 is 2.35 bits per heavy atom. The molecule has 1 saturated heterocycles. The number of sulfonamides is 1. The molecule has 11 heteroatoms. The number of imidazole rings is 1. The smallest absolute Gasteiger partial charge is 0.247 e. The van der Waals surface area contributed by atoms with E-state index in [9.17, 15) is 8.42 Å². The second kappa shape index (κ2) is 8.52. The van der Waals surface area contributed by atoms with Crippen LogP contribution in [-0.2, 0) is 10.0 Å². The Morgan fingerprint density at radius 2 is 1.71 bits per heavy atom. The second-order valence-corrected chi connectivity index (χ2v) is 8.92. The van der Waals surface area contributed by atoms with Crippen LogP contribution in [0.3, 0.4) is 0 Å². The third kappa shape index (κ3) is 4.19. The van der Waals surface area contributed by atoms with Crippen molar-refractivity contribution in [3.8, 4) is 17.3 Å². The molecular formula is C20H24N6O4S. The summed E-state index contributed by atoms with van der Waals surface area (Å²) in [5, 5.41) is 0. The lowest BCUT2D eigenvalue weighted by molar-refractivity contribution is 0.370. The van der Waals surface area contributed by atoms with E-state index in [1.807, 2.05) is 23.8 Å². The summed E-state index contributed by atoms with van der Waals surface area (Å²) in [5.41, 5.74) is 0. The van der Waals surface area contributed by atoms with Crippen LogP contribution in [0.25, 0.3) is 5.82 Å². The maximum Gasteiger partial charge on any atom is 0.247 e. The maximum absolute atomic E-state index is 13.3. The highest BCUT2D eigenvalue weighted by atomic mass is 32.2. The molecule has 0 aliphatic carbocycles. The Labute approximate surface area is 181 Å². The summed E-state index contributed by atoms with van der Waals surface area (Å²) in [6.45, 7) is 3.49. The number of hydrogen-bond acceptors (Lipinski definition) is 8. The second-order valence-electron chi connectivity index (χ2n) is 7.01. The molecule has 4 rings (SSSR count). The maximum atomic E-state index is 13.3. The van der Waals surface area contributed by atoms with Crippen molar-refractivity contribution < 1.29 is 17.9 Å². The topological polar surface area (TPSA) is 103 Å². The zero-order chi connectivity index (χ0) is 22.0. The first-order valence-corrected chi connectivity index (χ1v) is 11.2. The minimum absolute atomic E-state index is 0.100. The van der Waals surface area contributed by atoms with Crippen molar-refractivity contribution >= 4 is 15.8 Å². The molecule has 164 valence electrons. The first-order chi connectivity index (χ1) is 14.9. The molecule has 31 heavy (non-hydrogen) atoms. The van der Waals surface area contributed by atoms with Gasteiger partial charge >= 0.3 is 0 Å². The van der Waals surface area contributed by atoms with E-state index in [-0.39, 0.29) is 4.90 Å². The number of nitrogens with zero attached hydrogens (tertiary/aromatic N) is 6. The van der Waals surface area contributed by atoms with Gasteiger partial charge in [0.15, 0.2) is 0 Å². The number of aromatic nitrogens is 4. The molecule has 0 radical (unpaired) electrons. The molecule has 1 fully saturated rings. The molecule has 1 aromatic carbocycles. The number of hydrogen-bond donors (Lipinski definition) is 0. The van der Waals surface area contributed by atoms with Gasteiger partial charge in [-0.05, 0) is 19.1 Å². The number of rotatable bonds is 6. The van der Waals surface area contributed by atoms with Gasteiger partial charge in [0.05, 0.1) is 14.2 Å². The summed E-state index contributed by atoms with van der Waals surface area (Å²) < 4.78 is 40.3. The molecule has 0 bridgehead atoms. The summed E-state index contributed by atoms with van der Waals surface area (Å²) in [6.07, 6.45) is 5.18. The minimum atomic E-state index is -3.74. The SMILES string of the molecule is COc1ccc(OC)c(S(=O)(=O)N2CCN(c3cc(-n4ccnc4)nc(C)n3)CC2)c1. The van der Waals surface area contributed by atoms with Gasteiger partial charge in [0, 0.05) is 50.7 Å². The van der Waals surface area contributed by atoms with Crippen molar-refractivity contribution in [1.29, 1.82) is 0 Å². The first-order valence-electron chi connectivity index (χ1n) is 9.73. The fourth-order valence-corrected chi connectivity index (χ4v) is 5.10. The summed E-state index contributed by atoms with van der Waals surface area (Å²) >= 11 is 0. The first kappa shape index (κ1) is 21.1. The van der Waals surface area contributed by atoms with Crippen molar-refractivity contribution in [2.75, 3.05) is 45.3 Å². The van der Waals surface area contributed by atoms with Gasteiger partial charge in [0.25, 0.3) is 0 Å². The van der Waals surface area contributed by atoms with Crippen LogP contribution >= 0.6 is 0 Å². The van der Waals surface area contributed by atoms with E-state index >= 15 is 0 Å². The molecule has 3 heterocycles. The van der Waals surface area contributed by atoms with Gasteiger partial charge in [-0.15, -0.1) is 0 Å². The van der Waals surface area contributed by atoms with E-state index in [2.05, 4.69) is 19.9 Å². The Hall–Kier alpha value is -3.18. The highest BCUT2D eigenvalue weighted by molar-refractivity contribution is 7.89. The molecule has 1 aliphatic rings. The van der Waals surface area contributed by atoms with Crippen molar-refractivity contribution in [2.45, 2.75) is 11.8 Å². The fourth-order valence-electron chi connectivity index (χ4n) is 3.51. The minimum Gasteiger partial charge on any atom is -0.497 e. The molecule has 0 unspecified atom stereocenters. The van der Waals surface area contributed by atoms with Crippen LogP contribution in [0.15, 0.2) is 47.9 Å². The van der Waals surface area contributed by atoms with Gasteiger partial charge in [0.1, 0.15) is 40.2 Å². The van der Waals surface area contributed by atoms with Gasteiger partial charge < -0.3 is 14.4 Å². The highest BCUT2D eigenvalue weighted by Gasteiger charge is 2.31. The number of piperazine rings is 1. The van der Waals surface area contributed by atoms with E-state index < -0.39 is 10.0 Å². The number of anilines is 1. The Morgan fingerprint density at radius 1 is 0.968 bits per heavy atom.